The number of aromatic nitrogens is 2. The highest BCUT2D eigenvalue weighted by molar-refractivity contribution is 5.94. The zero-order valence-electron chi connectivity index (χ0n) is 12.1. The minimum Gasteiger partial charge on any atom is -0.497 e. The van der Waals surface area contributed by atoms with Crippen molar-refractivity contribution in [1.29, 1.82) is 0 Å². The maximum absolute atomic E-state index is 12.5. The van der Waals surface area contributed by atoms with Crippen LogP contribution in [-0.4, -0.2) is 41.0 Å². The van der Waals surface area contributed by atoms with Crippen molar-refractivity contribution in [3.63, 3.8) is 0 Å². The lowest BCUT2D eigenvalue weighted by molar-refractivity contribution is 0.0712. The van der Waals surface area contributed by atoms with Crippen LogP contribution in [0.5, 0.6) is 5.75 Å². The number of ether oxygens (including phenoxy) is 1. The highest BCUT2D eigenvalue weighted by Gasteiger charge is 2.25. The molecule has 5 nitrogen and oxygen atoms in total. The third kappa shape index (κ3) is 2.91. The number of amides is 1. The van der Waals surface area contributed by atoms with Gasteiger partial charge in [0.15, 0.2) is 0 Å². The van der Waals surface area contributed by atoms with Crippen molar-refractivity contribution >= 4 is 5.91 Å². The summed E-state index contributed by atoms with van der Waals surface area (Å²) in [5.41, 5.74) is 1.86. The summed E-state index contributed by atoms with van der Waals surface area (Å²) < 4.78 is 5.18. The number of nitrogens with zero attached hydrogens (tertiary/aromatic N) is 2. The molecule has 1 aromatic heterocycles. The van der Waals surface area contributed by atoms with Crippen molar-refractivity contribution in [3.8, 4) is 5.75 Å². The maximum atomic E-state index is 12.5. The van der Waals surface area contributed by atoms with E-state index in [0.717, 1.165) is 25.9 Å². The molecule has 1 aromatic carbocycles. The molecule has 1 amide bonds. The Bertz CT molecular complexity index is 602. The molecule has 110 valence electrons. The third-order valence-electron chi connectivity index (χ3n) is 4.06. The number of hydrogen-bond acceptors (Lipinski definition) is 3. The molecule has 0 aliphatic carbocycles. The summed E-state index contributed by atoms with van der Waals surface area (Å²) >= 11 is 0. The molecule has 0 saturated carbocycles. The SMILES string of the molecule is COc1cccc(C(=O)N2CCC(c3cnc[nH]3)CC2)c1. The highest BCUT2D eigenvalue weighted by Crippen LogP contribution is 2.27. The van der Waals surface area contributed by atoms with E-state index in [1.807, 2.05) is 29.3 Å². The van der Waals surface area contributed by atoms with Gasteiger partial charge in [0.1, 0.15) is 5.75 Å². The second-order valence-corrected chi connectivity index (χ2v) is 5.31. The summed E-state index contributed by atoms with van der Waals surface area (Å²) in [4.78, 5) is 21.7. The van der Waals surface area contributed by atoms with Gasteiger partial charge in [-0.2, -0.15) is 0 Å². The Labute approximate surface area is 124 Å². The van der Waals surface area contributed by atoms with Crippen LogP contribution in [0.15, 0.2) is 36.8 Å². The standard InChI is InChI=1S/C16H19N3O2/c1-21-14-4-2-3-13(9-14)16(20)19-7-5-12(6-8-19)15-10-17-11-18-15/h2-4,9-12H,5-8H2,1H3,(H,17,18). The second-order valence-electron chi connectivity index (χ2n) is 5.31. The Morgan fingerprint density at radius 1 is 1.38 bits per heavy atom. The van der Waals surface area contributed by atoms with E-state index in [2.05, 4.69) is 9.97 Å². The van der Waals surface area contributed by atoms with Crippen LogP contribution in [0.1, 0.15) is 34.8 Å². The van der Waals surface area contributed by atoms with Crippen LogP contribution in [0.3, 0.4) is 0 Å². The van der Waals surface area contributed by atoms with Crippen molar-refractivity contribution in [3.05, 3.63) is 48.0 Å². The number of H-pyrrole nitrogens is 1. The first-order chi connectivity index (χ1) is 10.3. The van der Waals surface area contributed by atoms with E-state index in [-0.39, 0.29) is 5.91 Å². The number of imidazole rings is 1. The molecule has 21 heavy (non-hydrogen) atoms. The number of hydrogen-bond donors (Lipinski definition) is 1. The number of rotatable bonds is 3. The van der Waals surface area contributed by atoms with Crippen molar-refractivity contribution < 1.29 is 9.53 Å². The quantitative estimate of drug-likeness (QED) is 0.942. The van der Waals surface area contributed by atoms with Gasteiger partial charge in [-0.25, -0.2) is 4.98 Å². The number of likely N-dealkylation sites (tertiary alicyclic amines) is 1. The molecule has 1 aliphatic rings. The van der Waals surface area contributed by atoms with Gasteiger partial charge in [0, 0.05) is 36.5 Å². The van der Waals surface area contributed by atoms with Gasteiger partial charge in [-0.1, -0.05) is 6.07 Å². The summed E-state index contributed by atoms with van der Waals surface area (Å²) in [7, 11) is 1.61. The summed E-state index contributed by atoms with van der Waals surface area (Å²) in [6.07, 6.45) is 5.53. The molecule has 0 spiro atoms. The van der Waals surface area contributed by atoms with Gasteiger partial charge in [0.2, 0.25) is 0 Å². The molecule has 0 radical (unpaired) electrons. The predicted molar refractivity (Wildman–Crippen MR) is 79.5 cm³/mol. The number of methoxy groups -OCH3 is 1. The summed E-state index contributed by atoms with van der Waals surface area (Å²) in [6, 6.07) is 7.33. The van der Waals surface area contributed by atoms with Crippen molar-refractivity contribution in [1.82, 2.24) is 14.9 Å². The Kier molecular flexibility index (Phi) is 3.90. The summed E-state index contributed by atoms with van der Waals surface area (Å²) in [5, 5.41) is 0. The smallest absolute Gasteiger partial charge is 0.253 e. The molecule has 0 atom stereocenters. The van der Waals surface area contributed by atoms with Gasteiger partial charge < -0.3 is 14.6 Å². The highest BCUT2D eigenvalue weighted by atomic mass is 16.5. The lowest BCUT2D eigenvalue weighted by atomic mass is 9.93. The van der Waals surface area contributed by atoms with Gasteiger partial charge >= 0.3 is 0 Å². The zero-order valence-corrected chi connectivity index (χ0v) is 12.1. The molecular formula is C16H19N3O2. The van der Waals surface area contributed by atoms with Gasteiger partial charge in [-0.15, -0.1) is 0 Å². The number of piperidine rings is 1. The normalized spacial score (nSPS) is 16.0. The van der Waals surface area contributed by atoms with E-state index < -0.39 is 0 Å². The molecule has 5 heteroatoms. The fourth-order valence-corrected chi connectivity index (χ4v) is 2.82. The Morgan fingerprint density at radius 2 is 2.19 bits per heavy atom. The number of nitrogens with one attached hydrogen (secondary N) is 1. The van der Waals surface area contributed by atoms with Gasteiger partial charge in [0.05, 0.1) is 13.4 Å². The largest absolute Gasteiger partial charge is 0.497 e. The fourth-order valence-electron chi connectivity index (χ4n) is 2.82. The van der Waals surface area contributed by atoms with Gasteiger partial charge in [0.25, 0.3) is 5.91 Å². The van der Waals surface area contributed by atoms with Crippen LogP contribution < -0.4 is 4.74 Å². The van der Waals surface area contributed by atoms with Gasteiger partial charge in [-0.05, 0) is 31.0 Å². The second kappa shape index (κ2) is 5.99. The lowest BCUT2D eigenvalue weighted by Crippen LogP contribution is -2.38. The fraction of sp³-hybridized carbons (Fsp3) is 0.375. The molecule has 1 fully saturated rings. The maximum Gasteiger partial charge on any atom is 0.253 e. The molecule has 1 saturated heterocycles. The summed E-state index contributed by atoms with van der Waals surface area (Å²) in [6.45, 7) is 1.56. The molecule has 0 unspecified atom stereocenters. The number of carbonyl (C=O) groups is 1. The first-order valence-electron chi connectivity index (χ1n) is 7.19. The third-order valence-corrected chi connectivity index (χ3v) is 4.06. The monoisotopic (exact) mass is 285 g/mol. The number of aromatic amines is 1. The molecule has 1 aliphatic heterocycles. The average molecular weight is 285 g/mol. The minimum atomic E-state index is 0.0805. The van der Waals surface area contributed by atoms with Crippen molar-refractivity contribution in [2.75, 3.05) is 20.2 Å². The molecule has 0 bridgehead atoms. The lowest BCUT2D eigenvalue weighted by Gasteiger charge is -2.31. The molecule has 3 rings (SSSR count). The molecular weight excluding hydrogens is 266 g/mol. The Hall–Kier alpha value is -2.30. The number of benzene rings is 1. The summed E-state index contributed by atoms with van der Waals surface area (Å²) in [5.74, 6) is 1.27. The van der Waals surface area contributed by atoms with Crippen LogP contribution in [0.4, 0.5) is 0 Å². The number of carbonyl (C=O) groups excluding carboxylic acids is 1. The van der Waals surface area contributed by atoms with Crippen LogP contribution in [0.2, 0.25) is 0 Å². The molecule has 1 N–H and O–H groups in total. The van der Waals surface area contributed by atoms with Crippen LogP contribution >= 0.6 is 0 Å². The first kappa shape index (κ1) is 13.7. The van der Waals surface area contributed by atoms with E-state index in [1.165, 1.54) is 5.69 Å². The van der Waals surface area contributed by atoms with E-state index >= 15 is 0 Å². The average Bonchev–Trinajstić information content (AvgIpc) is 3.09. The van der Waals surface area contributed by atoms with E-state index in [1.54, 1.807) is 19.5 Å². The van der Waals surface area contributed by atoms with Crippen LogP contribution in [0, 0.1) is 0 Å². The van der Waals surface area contributed by atoms with E-state index in [4.69, 9.17) is 4.74 Å². The predicted octanol–water partition coefficient (Wildman–Crippen LogP) is 2.44. The zero-order chi connectivity index (χ0) is 14.7. The van der Waals surface area contributed by atoms with Crippen molar-refractivity contribution in [2.24, 2.45) is 0 Å². The van der Waals surface area contributed by atoms with E-state index in [9.17, 15) is 4.79 Å². The Balaban J connectivity index is 1.64. The minimum absolute atomic E-state index is 0.0805. The topological polar surface area (TPSA) is 58.2 Å². The van der Waals surface area contributed by atoms with Crippen LogP contribution in [-0.2, 0) is 0 Å². The molecule has 2 aromatic rings. The first-order valence-corrected chi connectivity index (χ1v) is 7.19. The Morgan fingerprint density at radius 3 is 2.86 bits per heavy atom. The van der Waals surface area contributed by atoms with Gasteiger partial charge in [-0.3, -0.25) is 4.79 Å². The van der Waals surface area contributed by atoms with E-state index in [0.29, 0.717) is 17.2 Å². The van der Waals surface area contributed by atoms with Crippen molar-refractivity contribution in [2.45, 2.75) is 18.8 Å². The molecule has 2 heterocycles. The van der Waals surface area contributed by atoms with Crippen LogP contribution in [0.25, 0.3) is 0 Å².